The van der Waals surface area contributed by atoms with Crippen molar-refractivity contribution in [3.8, 4) is 21.7 Å². The third kappa shape index (κ3) is 7.26. The highest BCUT2D eigenvalue weighted by Gasteiger charge is 2.55. The molecule has 49 heavy (non-hydrogen) atoms. The summed E-state index contributed by atoms with van der Waals surface area (Å²) in [6, 6.07) is 28.2. The van der Waals surface area contributed by atoms with E-state index in [-0.39, 0.29) is 36.4 Å². The van der Waals surface area contributed by atoms with E-state index < -0.39 is 23.6 Å². The summed E-state index contributed by atoms with van der Waals surface area (Å²) in [5, 5.41) is 6.87. The molecule has 3 heterocycles. The lowest BCUT2D eigenvalue weighted by Gasteiger charge is -2.37. The second kappa shape index (κ2) is 14.5. The van der Waals surface area contributed by atoms with Gasteiger partial charge in [0.1, 0.15) is 17.7 Å². The third-order valence-corrected chi connectivity index (χ3v) is 10.9. The maximum absolute atomic E-state index is 14.6. The molecule has 0 radical (unpaired) electrons. The van der Waals surface area contributed by atoms with Crippen molar-refractivity contribution in [2.75, 3.05) is 20.1 Å². The van der Waals surface area contributed by atoms with E-state index in [9.17, 15) is 14.4 Å². The second-order valence-electron chi connectivity index (χ2n) is 14.0. The van der Waals surface area contributed by atoms with Crippen LogP contribution in [0.4, 0.5) is 4.79 Å². The van der Waals surface area contributed by atoms with Gasteiger partial charge in [0, 0.05) is 18.7 Å². The molecule has 2 fully saturated rings. The number of nitrogens with zero attached hydrogens (tertiary/aromatic N) is 3. The Balaban J connectivity index is 1.38. The van der Waals surface area contributed by atoms with Crippen LogP contribution in [-0.4, -0.2) is 77.0 Å². The maximum atomic E-state index is 14.6. The lowest BCUT2D eigenvalue weighted by molar-refractivity contribution is -0.140. The zero-order valence-corrected chi connectivity index (χ0v) is 29.6. The Morgan fingerprint density at radius 1 is 0.918 bits per heavy atom. The molecule has 9 nitrogen and oxygen atoms in total. The van der Waals surface area contributed by atoms with Crippen molar-refractivity contribution < 1.29 is 19.1 Å². The molecule has 6 rings (SSSR count). The molecule has 3 aromatic carbocycles. The minimum Gasteiger partial charge on any atom is -0.445 e. The van der Waals surface area contributed by atoms with E-state index in [1.165, 1.54) is 0 Å². The van der Waals surface area contributed by atoms with Crippen LogP contribution < -0.4 is 10.6 Å². The summed E-state index contributed by atoms with van der Waals surface area (Å²) in [5.41, 5.74) is 3.30. The Kier molecular flexibility index (Phi) is 10.2. The third-order valence-electron chi connectivity index (χ3n) is 9.62. The van der Waals surface area contributed by atoms with Gasteiger partial charge in [-0.15, -0.1) is 11.3 Å². The summed E-state index contributed by atoms with van der Waals surface area (Å²) in [4.78, 5) is 51.5. The number of hydrogen-bond acceptors (Lipinski definition) is 7. The van der Waals surface area contributed by atoms with Crippen molar-refractivity contribution in [3.05, 3.63) is 102 Å². The first-order valence-electron chi connectivity index (χ1n) is 16.9. The molecule has 2 aliphatic rings. The van der Waals surface area contributed by atoms with Crippen LogP contribution in [0.15, 0.2) is 91.0 Å². The Hall–Kier alpha value is -4.54. The summed E-state index contributed by atoms with van der Waals surface area (Å²) in [7, 11) is 1.72. The number of likely N-dealkylation sites (N-methyl/N-ethyl adjacent to an activating group) is 1. The van der Waals surface area contributed by atoms with E-state index in [0.717, 1.165) is 32.3 Å². The van der Waals surface area contributed by atoms with E-state index in [0.29, 0.717) is 19.5 Å². The van der Waals surface area contributed by atoms with Crippen molar-refractivity contribution in [3.63, 3.8) is 0 Å². The fourth-order valence-corrected chi connectivity index (χ4v) is 8.08. The van der Waals surface area contributed by atoms with E-state index in [2.05, 4.69) is 34.9 Å². The molecule has 1 aromatic heterocycles. The summed E-state index contributed by atoms with van der Waals surface area (Å²) in [6.45, 7) is 8.65. The topological polar surface area (TPSA) is 104 Å². The number of ether oxygens (including phenoxy) is 1. The van der Waals surface area contributed by atoms with Crippen LogP contribution >= 0.6 is 11.3 Å². The van der Waals surface area contributed by atoms with Gasteiger partial charge < -0.3 is 25.2 Å². The fourth-order valence-electron chi connectivity index (χ4n) is 6.86. The lowest BCUT2D eigenvalue weighted by atomic mass is 9.85. The van der Waals surface area contributed by atoms with Gasteiger partial charge in [0.25, 0.3) is 0 Å². The molecule has 0 aliphatic carbocycles. The Bertz CT molecular complexity index is 1700. The molecule has 2 N–H and O–H groups in total. The number of fused-ring (bicyclic) bond motifs is 1. The fraction of sp³-hybridized carbons (Fsp3) is 0.385. The predicted octanol–water partition coefficient (Wildman–Crippen LogP) is 6.32. The average Bonchev–Trinajstić information content (AvgIpc) is 3.85. The Labute approximate surface area is 292 Å². The Morgan fingerprint density at radius 2 is 1.53 bits per heavy atom. The number of aromatic nitrogens is 1. The summed E-state index contributed by atoms with van der Waals surface area (Å²) >= 11 is 1.62. The average molecular weight is 680 g/mol. The van der Waals surface area contributed by atoms with Crippen LogP contribution in [0.1, 0.15) is 50.6 Å². The van der Waals surface area contributed by atoms with Gasteiger partial charge in [0.05, 0.1) is 34.6 Å². The van der Waals surface area contributed by atoms with Crippen molar-refractivity contribution in [2.24, 2.45) is 5.41 Å². The van der Waals surface area contributed by atoms with Gasteiger partial charge in [-0.1, -0.05) is 112 Å². The lowest BCUT2D eigenvalue weighted by Crippen LogP contribution is -2.59. The monoisotopic (exact) mass is 679 g/mol. The van der Waals surface area contributed by atoms with Crippen LogP contribution in [0.5, 0.6) is 0 Å². The molecule has 3 amide bonds. The highest BCUT2D eigenvalue weighted by Crippen LogP contribution is 2.47. The first-order valence-corrected chi connectivity index (χ1v) is 17.8. The number of carbonyl (C=O) groups is 3. The van der Waals surface area contributed by atoms with Crippen molar-refractivity contribution >= 4 is 29.2 Å². The van der Waals surface area contributed by atoms with Crippen LogP contribution in [0.3, 0.4) is 0 Å². The minimum absolute atomic E-state index is 0.149. The van der Waals surface area contributed by atoms with Gasteiger partial charge in [0.15, 0.2) is 0 Å². The van der Waals surface area contributed by atoms with Gasteiger partial charge in [-0.25, -0.2) is 9.78 Å². The van der Waals surface area contributed by atoms with E-state index in [4.69, 9.17) is 9.72 Å². The molecule has 0 saturated carbocycles. The summed E-state index contributed by atoms with van der Waals surface area (Å²) < 4.78 is 5.86. The number of thiazole rings is 1. The van der Waals surface area contributed by atoms with Crippen LogP contribution in [-0.2, 0) is 20.9 Å². The maximum Gasteiger partial charge on any atom is 0.410 e. The highest BCUT2D eigenvalue weighted by molar-refractivity contribution is 7.15. The van der Waals surface area contributed by atoms with Gasteiger partial charge in [-0.2, -0.15) is 0 Å². The van der Waals surface area contributed by atoms with Crippen LogP contribution in [0.2, 0.25) is 0 Å². The van der Waals surface area contributed by atoms with Gasteiger partial charge in [-0.3, -0.25) is 9.59 Å². The molecule has 0 bridgehead atoms. The quantitative estimate of drug-likeness (QED) is 0.215. The van der Waals surface area contributed by atoms with Crippen molar-refractivity contribution in [2.45, 2.75) is 70.8 Å². The molecule has 5 atom stereocenters. The first kappa shape index (κ1) is 34.3. The molecule has 4 aromatic rings. The molecule has 256 valence electrons. The normalized spacial score (nSPS) is 20.1. The Morgan fingerprint density at radius 3 is 2.14 bits per heavy atom. The number of hydrogen-bond donors (Lipinski definition) is 2. The second-order valence-corrected chi connectivity index (χ2v) is 15.0. The molecular weight excluding hydrogens is 635 g/mol. The first-order chi connectivity index (χ1) is 23.6. The van der Waals surface area contributed by atoms with E-state index >= 15 is 0 Å². The smallest absolute Gasteiger partial charge is 0.410 e. The van der Waals surface area contributed by atoms with Crippen LogP contribution in [0, 0.1) is 5.41 Å². The standard InChI is InChI=1S/C39H45N5O4S/c1-25(40-5)35(45)42-34(39(2,3)4)37(46)43-22-21-30-32(43)29(23-44(30)38(47)48-24-26-15-9-6-10-16-26)36-41-31(27-17-11-7-12-18-27)33(49-36)28-19-13-8-14-20-28/h6-20,25,29-30,32,34,40H,21-24H2,1-5H3,(H,42,45). The molecule has 0 spiro atoms. The molecule has 10 heteroatoms. The highest BCUT2D eigenvalue weighted by atomic mass is 32.1. The molecular formula is C39H45N5O4S. The summed E-state index contributed by atoms with van der Waals surface area (Å²) in [5.74, 6) is -0.636. The number of rotatable bonds is 9. The number of amides is 3. The number of benzene rings is 3. The van der Waals surface area contributed by atoms with Crippen LogP contribution in [0.25, 0.3) is 21.7 Å². The minimum atomic E-state index is -0.759. The SMILES string of the molecule is CNC(C)C(=O)NC(C(=O)N1CCC2C1C(c1nc(-c3ccccc3)c(-c3ccccc3)s1)CN2C(=O)OCc1ccccc1)C(C)(C)C. The number of carbonyl (C=O) groups excluding carboxylic acids is 3. The van der Waals surface area contributed by atoms with Gasteiger partial charge >= 0.3 is 6.09 Å². The van der Waals surface area contributed by atoms with Crippen molar-refractivity contribution in [1.82, 2.24) is 25.4 Å². The predicted molar refractivity (Wildman–Crippen MR) is 193 cm³/mol. The zero-order chi connectivity index (χ0) is 34.7. The largest absolute Gasteiger partial charge is 0.445 e. The van der Waals surface area contributed by atoms with Gasteiger partial charge in [0.2, 0.25) is 11.8 Å². The number of nitrogens with one attached hydrogen (secondary N) is 2. The molecule has 5 unspecified atom stereocenters. The number of likely N-dealkylation sites (tertiary alicyclic amines) is 2. The van der Waals surface area contributed by atoms with E-state index in [1.54, 1.807) is 30.2 Å². The molecule has 2 aliphatic heterocycles. The zero-order valence-electron chi connectivity index (χ0n) is 28.8. The molecule has 2 saturated heterocycles. The summed E-state index contributed by atoms with van der Waals surface area (Å²) in [6.07, 6.45) is 0.204. The van der Waals surface area contributed by atoms with Gasteiger partial charge in [-0.05, 0) is 36.9 Å². The van der Waals surface area contributed by atoms with Crippen molar-refractivity contribution in [1.29, 1.82) is 0 Å². The van der Waals surface area contributed by atoms with E-state index in [1.807, 2.05) is 92.4 Å².